The molecule has 0 unspecified atom stereocenters. The zero-order valence-electron chi connectivity index (χ0n) is 17.0. The molecule has 0 radical (unpaired) electrons. The lowest BCUT2D eigenvalue weighted by atomic mass is 9.86. The zero-order chi connectivity index (χ0) is 20.5. The number of hydrogen-bond donors (Lipinski definition) is 1. The molecule has 4 aromatic rings. The number of nitrogens with one attached hydrogen (secondary N) is 1. The Hall–Kier alpha value is -3.04. The lowest BCUT2D eigenvalue weighted by molar-refractivity contribution is 0.744. The molecule has 3 nitrogen and oxygen atoms in total. The van der Waals surface area contributed by atoms with E-state index in [1.807, 2.05) is 12.1 Å². The first-order chi connectivity index (χ1) is 14.7. The number of rotatable bonds is 5. The van der Waals surface area contributed by atoms with Crippen molar-refractivity contribution < 1.29 is 0 Å². The average Bonchev–Trinajstić information content (AvgIpc) is 3.37. The van der Waals surface area contributed by atoms with Crippen molar-refractivity contribution in [3.8, 4) is 5.69 Å². The standard InChI is InChI=1S/C26H24ClN3/c1-18-16-21(27)12-13-25(18)30-26-22(14-15-28-26)24(29-30)17-23(19-8-4-2-5-9-19)20-10-6-3-7-11-20/h2-13,16,23,28H,14-15,17H2,1H3. The minimum absolute atomic E-state index is 0.270. The lowest BCUT2D eigenvalue weighted by Crippen LogP contribution is -2.09. The van der Waals surface area contributed by atoms with Gasteiger partial charge in [0.2, 0.25) is 0 Å². The molecule has 0 bridgehead atoms. The third kappa shape index (κ3) is 3.50. The Morgan fingerprint density at radius 1 is 0.967 bits per heavy atom. The van der Waals surface area contributed by atoms with Crippen LogP contribution in [-0.4, -0.2) is 16.3 Å². The first kappa shape index (κ1) is 19.0. The van der Waals surface area contributed by atoms with Crippen LogP contribution >= 0.6 is 11.6 Å². The van der Waals surface area contributed by atoms with Crippen molar-refractivity contribution in [2.45, 2.75) is 25.7 Å². The molecule has 1 aliphatic rings. The molecule has 0 saturated heterocycles. The average molecular weight is 414 g/mol. The number of anilines is 1. The van der Waals surface area contributed by atoms with Gasteiger partial charge in [0.05, 0.1) is 11.4 Å². The van der Waals surface area contributed by atoms with Gasteiger partial charge in [-0.05, 0) is 48.2 Å². The van der Waals surface area contributed by atoms with Gasteiger partial charge in [-0.2, -0.15) is 5.10 Å². The molecular weight excluding hydrogens is 390 g/mol. The van der Waals surface area contributed by atoms with Gasteiger partial charge in [0.15, 0.2) is 0 Å². The van der Waals surface area contributed by atoms with E-state index >= 15 is 0 Å². The van der Waals surface area contributed by atoms with E-state index in [2.05, 4.69) is 83.7 Å². The van der Waals surface area contributed by atoms with Gasteiger partial charge in [-0.1, -0.05) is 72.3 Å². The van der Waals surface area contributed by atoms with Crippen molar-refractivity contribution in [1.29, 1.82) is 0 Å². The van der Waals surface area contributed by atoms with E-state index in [4.69, 9.17) is 16.7 Å². The number of fused-ring (bicyclic) bond motifs is 1. The number of nitrogens with zero attached hydrogens (tertiary/aromatic N) is 2. The van der Waals surface area contributed by atoms with Gasteiger partial charge in [0.25, 0.3) is 0 Å². The molecule has 0 fully saturated rings. The molecule has 5 rings (SSSR count). The number of aromatic nitrogens is 2. The van der Waals surface area contributed by atoms with Gasteiger partial charge in [-0.3, -0.25) is 0 Å². The summed E-state index contributed by atoms with van der Waals surface area (Å²) in [5.74, 6) is 1.39. The highest BCUT2D eigenvalue weighted by atomic mass is 35.5. The Kier molecular flexibility index (Phi) is 5.06. The predicted octanol–water partition coefficient (Wildman–Crippen LogP) is 6.18. The highest BCUT2D eigenvalue weighted by Gasteiger charge is 2.26. The van der Waals surface area contributed by atoms with Crippen LogP contribution in [0.1, 0.15) is 33.9 Å². The fourth-order valence-electron chi connectivity index (χ4n) is 4.43. The van der Waals surface area contributed by atoms with Gasteiger partial charge in [0.1, 0.15) is 5.82 Å². The van der Waals surface area contributed by atoms with E-state index in [0.717, 1.165) is 41.5 Å². The van der Waals surface area contributed by atoms with Crippen molar-refractivity contribution in [2.75, 3.05) is 11.9 Å². The quantitative estimate of drug-likeness (QED) is 0.423. The fraction of sp³-hybridized carbons (Fsp3) is 0.192. The van der Waals surface area contributed by atoms with E-state index < -0.39 is 0 Å². The van der Waals surface area contributed by atoms with Crippen LogP contribution in [0.4, 0.5) is 5.82 Å². The Bertz CT molecular complexity index is 1130. The summed E-state index contributed by atoms with van der Waals surface area (Å²) in [5, 5.41) is 9.40. The second kappa shape index (κ2) is 8.00. The molecule has 3 aromatic carbocycles. The van der Waals surface area contributed by atoms with Crippen LogP contribution in [0.25, 0.3) is 5.69 Å². The number of halogens is 1. The molecular formula is C26H24ClN3. The fourth-order valence-corrected chi connectivity index (χ4v) is 4.66. The number of hydrogen-bond acceptors (Lipinski definition) is 2. The van der Waals surface area contributed by atoms with Crippen LogP contribution in [0.5, 0.6) is 0 Å². The second-order valence-electron chi connectivity index (χ2n) is 7.87. The third-order valence-corrected chi connectivity index (χ3v) is 6.16. The molecule has 1 aliphatic heterocycles. The van der Waals surface area contributed by atoms with Crippen molar-refractivity contribution in [3.63, 3.8) is 0 Å². The molecule has 0 aliphatic carbocycles. The predicted molar refractivity (Wildman–Crippen MR) is 124 cm³/mol. The molecule has 2 heterocycles. The number of aryl methyl sites for hydroxylation is 1. The molecule has 0 atom stereocenters. The van der Waals surface area contributed by atoms with E-state index in [9.17, 15) is 0 Å². The van der Waals surface area contributed by atoms with Gasteiger partial charge >= 0.3 is 0 Å². The summed E-state index contributed by atoms with van der Waals surface area (Å²) in [5.41, 5.74) is 7.34. The highest BCUT2D eigenvalue weighted by molar-refractivity contribution is 6.30. The first-order valence-corrected chi connectivity index (χ1v) is 10.8. The zero-order valence-corrected chi connectivity index (χ0v) is 17.7. The summed E-state index contributed by atoms with van der Waals surface area (Å²) in [6.45, 7) is 3.04. The molecule has 30 heavy (non-hydrogen) atoms. The maximum absolute atomic E-state index is 6.19. The molecule has 0 amide bonds. The molecule has 150 valence electrons. The number of benzene rings is 3. The van der Waals surface area contributed by atoms with E-state index in [-0.39, 0.29) is 5.92 Å². The molecule has 0 saturated carbocycles. The van der Waals surface area contributed by atoms with E-state index in [1.54, 1.807) is 0 Å². The first-order valence-electron chi connectivity index (χ1n) is 10.4. The van der Waals surface area contributed by atoms with Crippen LogP contribution in [0.2, 0.25) is 5.02 Å². The van der Waals surface area contributed by atoms with E-state index in [0.29, 0.717) is 0 Å². The summed E-state index contributed by atoms with van der Waals surface area (Å²) in [6.07, 6.45) is 1.88. The summed E-state index contributed by atoms with van der Waals surface area (Å²) >= 11 is 6.19. The summed E-state index contributed by atoms with van der Waals surface area (Å²) in [7, 11) is 0. The van der Waals surface area contributed by atoms with Gasteiger partial charge in [-0.25, -0.2) is 4.68 Å². The SMILES string of the molecule is Cc1cc(Cl)ccc1-n1nc(CC(c2ccccc2)c2ccccc2)c2c1NCC2. The monoisotopic (exact) mass is 413 g/mol. The third-order valence-electron chi connectivity index (χ3n) is 5.92. The molecule has 1 aromatic heterocycles. The lowest BCUT2D eigenvalue weighted by Gasteiger charge is -2.17. The largest absolute Gasteiger partial charge is 0.369 e. The van der Waals surface area contributed by atoms with Crippen molar-refractivity contribution in [1.82, 2.24) is 9.78 Å². The van der Waals surface area contributed by atoms with Gasteiger partial charge in [0, 0.05) is 29.5 Å². The summed E-state index contributed by atoms with van der Waals surface area (Å²) in [6, 6.07) is 27.5. The maximum atomic E-state index is 6.19. The molecule has 4 heteroatoms. The van der Waals surface area contributed by atoms with Crippen LogP contribution in [0.15, 0.2) is 78.9 Å². The Morgan fingerprint density at radius 3 is 2.27 bits per heavy atom. The minimum Gasteiger partial charge on any atom is -0.369 e. The molecule has 0 spiro atoms. The van der Waals surface area contributed by atoms with Crippen molar-refractivity contribution in [3.05, 3.63) is 112 Å². The van der Waals surface area contributed by atoms with Gasteiger partial charge in [-0.15, -0.1) is 0 Å². The van der Waals surface area contributed by atoms with Crippen LogP contribution < -0.4 is 5.32 Å². The highest BCUT2D eigenvalue weighted by Crippen LogP contribution is 2.35. The van der Waals surface area contributed by atoms with Crippen LogP contribution in [-0.2, 0) is 12.8 Å². The maximum Gasteiger partial charge on any atom is 0.133 e. The Labute approximate surface area is 182 Å². The topological polar surface area (TPSA) is 29.9 Å². The smallest absolute Gasteiger partial charge is 0.133 e. The second-order valence-corrected chi connectivity index (χ2v) is 8.31. The Morgan fingerprint density at radius 2 is 1.63 bits per heavy atom. The van der Waals surface area contributed by atoms with Crippen LogP contribution in [0.3, 0.4) is 0 Å². The van der Waals surface area contributed by atoms with Gasteiger partial charge < -0.3 is 5.32 Å². The molecule has 1 N–H and O–H groups in total. The van der Waals surface area contributed by atoms with Crippen molar-refractivity contribution in [2.24, 2.45) is 0 Å². The van der Waals surface area contributed by atoms with Crippen LogP contribution in [0, 0.1) is 6.92 Å². The Balaban J connectivity index is 1.58. The summed E-state index contributed by atoms with van der Waals surface area (Å²) in [4.78, 5) is 0. The summed E-state index contributed by atoms with van der Waals surface area (Å²) < 4.78 is 2.07. The minimum atomic E-state index is 0.270. The van der Waals surface area contributed by atoms with Crippen molar-refractivity contribution >= 4 is 17.4 Å². The normalized spacial score (nSPS) is 12.8. The van der Waals surface area contributed by atoms with E-state index in [1.165, 1.54) is 22.4 Å².